The predicted octanol–water partition coefficient (Wildman–Crippen LogP) is 6.71. The zero-order chi connectivity index (χ0) is 26.7. The van der Waals surface area contributed by atoms with Crippen molar-refractivity contribution in [3.8, 4) is 17.2 Å². The van der Waals surface area contributed by atoms with Crippen molar-refractivity contribution in [2.24, 2.45) is 0 Å². The Bertz CT molecular complexity index is 1520. The molecule has 1 heterocycles. The van der Waals surface area contributed by atoms with Crippen molar-refractivity contribution < 1.29 is 18.9 Å². The van der Waals surface area contributed by atoms with Crippen LogP contribution in [0.4, 0.5) is 11.4 Å². The average Bonchev–Trinajstić information content (AvgIpc) is 3.32. The minimum absolute atomic E-state index is 0.0414. The Morgan fingerprint density at radius 3 is 2.70 bits per heavy atom. The van der Waals surface area contributed by atoms with E-state index in [0.29, 0.717) is 33.7 Å². The number of nitro groups is 1. The van der Waals surface area contributed by atoms with Gasteiger partial charge in [-0.15, -0.1) is 0 Å². The Morgan fingerprint density at radius 1 is 1.22 bits per heavy atom. The molecule has 1 amide bonds. The summed E-state index contributed by atoms with van der Waals surface area (Å²) in [5, 5.41) is 16.9. The summed E-state index contributed by atoms with van der Waals surface area (Å²) >= 11 is 11.6. The number of fused-ring (bicyclic) bond motifs is 1. The lowest BCUT2D eigenvalue weighted by atomic mass is 9.98. The molecule has 0 saturated carbocycles. The Morgan fingerprint density at radius 2 is 2.00 bits per heavy atom. The Hall–Kier alpha value is -4.02. The number of ether oxygens (including phenoxy) is 1. The third-order valence-electron chi connectivity index (χ3n) is 5.92. The van der Waals surface area contributed by atoms with Crippen LogP contribution in [0.1, 0.15) is 42.1 Å². The highest BCUT2D eigenvalue weighted by Gasteiger charge is 2.19. The molecule has 0 unspecified atom stereocenters. The van der Waals surface area contributed by atoms with E-state index >= 15 is 0 Å². The number of amides is 1. The number of methoxy groups -OCH3 is 1. The molecule has 3 aromatic carbocycles. The number of nitrogens with zero attached hydrogens (tertiary/aromatic N) is 2. The van der Waals surface area contributed by atoms with E-state index < -0.39 is 10.8 Å². The number of rotatable bonds is 7. The molecule has 1 atom stereocenters. The highest BCUT2D eigenvalue weighted by atomic mass is 35.5. The number of carbonyl (C=O) groups excluding carboxylic acids is 1. The summed E-state index contributed by atoms with van der Waals surface area (Å²) in [6.07, 6.45) is 1.02. The highest BCUT2D eigenvalue weighted by molar-refractivity contribution is 7.80. The van der Waals surface area contributed by atoms with Crippen molar-refractivity contribution >= 4 is 57.3 Å². The van der Waals surface area contributed by atoms with E-state index in [2.05, 4.69) is 29.5 Å². The number of oxazole rings is 1. The van der Waals surface area contributed by atoms with Crippen LogP contribution in [0.25, 0.3) is 22.6 Å². The van der Waals surface area contributed by atoms with Gasteiger partial charge in [0.2, 0.25) is 5.89 Å². The summed E-state index contributed by atoms with van der Waals surface area (Å²) in [6.45, 7) is 4.30. The minimum atomic E-state index is -0.633. The summed E-state index contributed by atoms with van der Waals surface area (Å²) in [5.74, 6) is 0.236. The zero-order valence-electron chi connectivity index (χ0n) is 20.2. The van der Waals surface area contributed by atoms with Crippen molar-refractivity contribution in [1.29, 1.82) is 0 Å². The van der Waals surface area contributed by atoms with Crippen LogP contribution in [-0.2, 0) is 0 Å². The quantitative estimate of drug-likeness (QED) is 0.151. The molecular formula is C26H23ClN4O5S. The van der Waals surface area contributed by atoms with E-state index in [0.717, 1.165) is 18.0 Å². The van der Waals surface area contributed by atoms with Crippen LogP contribution in [0, 0.1) is 10.1 Å². The number of anilines is 1. The van der Waals surface area contributed by atoms with E-state index in [1.165, 1.54) is 24.8 Å². The normalized spacial score (nSPS) is 11.7. The van der Waals surface area contributed by atoms with E-state index in [1.807, 2.05) is 18.2 Å². The van der Waals surface area contributed by atoms with Crippen LogP contribution >= 0.6 is 23.8 Å². The molecule has 4 aromatic rings. The topological polar surface area (TPSA) is 120 Å². The number of halogens is 1. The van der Waals surface area contributed by atoms with Gasteiger partial charge in [-0.2, -0.15) is 0 Å². The summed E-state index contributed by atoms with van der Waals surface area (Å²) in [6, 6.07) is 15.0. The van der Waals surface area contributed by atoms with Crippen molar-refractivity contribution in [2.75, 3.05) is 12.4 Å². The molecule has 0 radical (unpaired) electrons. The summed E-state index contributed by atoms with van der Waals surface area (Å²) < 4.78 is 10.9. The lowest BCUT2D eigenvalue weighted by Crippen LogP contribution is -2.34. The molecule has 11 heteroatoms. The van der Waals surface area contributed by atoms with Crippen LogP contribution in [0.5, 0.6) is 5.75 Å². The maximum absolute atomic E-state index is 12.6. The number of hydrogen-bond donors (Lipinski definition) is 2. The monoisotopic (exact) mass is 538 g/mol. The van der Waals surface area contributed by atoms with E-state index in [9.17, 15) is 14.9 Å². The molecule has 37 heavy (non-hydrogen) atoms. The number of nitrogens with one attached hydrogen (secondary N) is 2. The van der Waals surface area contributed by atoms with Gasteiger partial charge in [0.15, 0.2) is 16.4 Å². The number of benzene rings is 3. The van der Waals surface area contributed by atoms with Crippen LogP contribution < -0.4 is 15.4 Å². The zero-order valence-corrected chi connectivity index (χ0v) is 21.8. The maximum atomic E-state index is 12.6. The summed E-state index contributed by atoms with van der Waals surface area (Å²) in [4.78, 5) is 27.9. The third-order valence-corrected chi connectivity index (χ3v) is 6.45. The van der Waals surface area contributed by atoms with Crippen molar-refractivity contribution in [3.63, 3.8) is 0 Å². The molecule has 0 saturated heterocycles. The van der Waals surface area contributed by atoms with Gasteiger partial charge in [0.1, 0.15) is 5.52 Å². The largest absolute Gasteiger partial charge is 0.490 e. The number of carbonyl (C=O) groups is 1. The van der Waals surface area contributed by atoms with Gasteiger partial charge >= 0.3 is 5.69 Å². The molecule has 0 aliphatic rings. The Balaban J connectivity index is 1.52. The van der Waals surface area contributed by atoms with Crippen molar-refractivity contribution in [1.82, 2.24) is 10.3 Å². The molecule has 0 bridgehead atoms. The second-order valence-electron chi connectivity index (χ2n) is 8.30. The third kappa shape index (κ3) is 5.71. The SMILES string of the molecule is CC[C@@H](C)c1ccc2oc(-c3ccc(Cl)c(NC(=S)NC(=O)c4ccc(OC)c([N+](=O)[O-])c4)c3)nc2c1. The van der Waals surface area contributed by atoms with Gasteiger partial charge < -0.3 is 14.5 Å². The van der Waals surface area contributed by atoms with Crippen LogP contribution in [0.3, 0.4) is 0 Å². The van der Waals surface area contributed by atoms with E-state index in [1.54, 1.807) is 18.2 Å². The standard InChI is InChI=1S/C26H23ClN4O5S/c1-4-14(2)15-6-9-22-20(11-15)28-25(36-22)17-5-8-18(27)19(12-17)29-26(37)30-24(32)16-7-10-23(35-3)21(13-16)31(33)34/h5-14H,4H2,1-3H3,(H2,29,30,32,37)/t14-/m1/s1. The number of hydrogen-bond acceptors (Lipinski definition) is 7. The molecular weight excluding hydrogens is 516 g/mol. The highest BCUT2D eigenvalue weighted by Crippen LogP contribution is 2.32. The first-order chi connectivity index (χ1) is 17.7. The first kappa shape index (κ1) is 26.1. The molecule has 4 rings (SSSR count). The molecule has 1 aromatic heterocycles. The summed E-state index contributed by atoms with van der Waals surface area (Å²) in [7, 11) is 1.31. The molecule has 190 valence electrons. The fourth-order valence-electron chi connectivity index (χ4n) is 3.67. The van der Waals surface area contributed by atoms with E-state index in [-0.39, 0.29) is 22.1 Å². The second-order valence-corrected chi connectivity index (χ2v) is 9.12. The number of aromatic nitrogens is 1. The molecule has 0 fully saturated rings. The van der Waals surface area contributed by atoms with Gasteiger partial charge in [-0.1, -0.05) is 31.5 Å². The van der Waals surface area contributed by atoms with Gasteiger partial charge in [0.05, 0.1) is 22.7 Å². The summed E-state index contributed by atoms with van der Waals surface area (Å²) in [5.41, 5.74) is 3.41. The van der Waals surface area contributed by atoms with Gasteiger partial charge in [-0.25, -0.2) is 4.98 Å². The maximum Gasteiger partial charge on any atom is 0.311 e. The van der Waals surface area contributed by atoms with Crippen LogP contribution in [0.15, 0.2) is 59.0 Å². The molecule has 0 spiro atoms. The van der Waals surface area contributed by atoms with Crippen LogP contribution in [-0.4, -0.2) is 28.0 Å². The second kappa shape index (κ2) is 10.9. The number of thiocarbonyl (C=S) groups is 1. The van der Waals surface area contributed by atoms with Gasteiger partial charge in [0.25, 0.3) is 5.91 Å². The fourth-order valence-corrected chi connectivity index (χ4v) is 4.03. The fraction of sp³-hybridized carbons (Fsp3) is 0.192. The van der Waals surface area contributed by atoms with Crippen molar-refractivity contribution in [3.05, 3.63) is 80.9 Å². The lowest BCUT2D eigenvalue weighted by Gasteiger charge is -2.12. The molecule has 2 N–H and O–H groups in total. The average molecular weight is 539 g/mol. The molecule has 0 aliphatic heterocycles. The predicted molar refractivity (Wildman–Crippen MR) is 146 cm³/mol. The Labute approximate surface area is 222 Å². The van der Waals surface area contributed by atoms with Crippen LogP contribution in [0.2, 0.25) is 5.02 Å². The van der Waals surface area contributed by atoms with Crippen molar-refractivity contribution in [2.45, 2.75) is 26.2 Å². The van der Waals surface area contributed by atoms with Gasteiger partial charge in [-0.05, 0) is 72.6 Å². The minimum Gasteiger partial charge on any atom is -0.490 e. The molecule has 9 nitrogen and oxygen atoms in total. The first-order valence-corrected chi connectivity index (χ1v) is 12.1. The number of nitro benzene ring substituents is 1. The lowest BCUT2D eigenvalue weighted by molar-refractivity contribution is -0.385. The van der Waals surface area contributed by atoms with E-state index in [4.69, 9.17) is 33.0 Å². The smallest absolute Gasteiger partial charge is 0.311 e. The van der Waals surface area contributed by atoms with Gasteiger partial charge in [-0.3, -0.25) is 20.2 Å². The molecule has 0 aliphatic carbocycles. The first-order valence-electron chi connectivity index (χ1n) is 11.3. The Kier molecular flexibility index (Phi) is 7.70. The van der Waals surface area contributed by atoms with Gasteiger partial charge in [0, 0.05) is 17.2 Å².